The van der Waals surface area contributed by atoms with Crippen LogP contribution in [0.4, 0.5) is 4.79 Å². The van der Waals surface area contributed by atoms with Gasteiger partial charge in [-0.05, 0) is 41.1 Å². The minimum absolute atomic E-state index is 0.218. The largest absolute Gasteiger partial charge is 0.483 e. The Morgan fingerprint density at radius 1 is 1.37 bits per heavy atom. The van der Waals surface area contributed by atoms with E-state index in [1.54, 1.807) is 25.1 Å². The third-order valence-corrected chi connectivity index (χ3v) is 2.69. The third-order valence-electron chi connectivity index (χ3n) is 1.83. The first-order chi connectivity index (χ1) is 9.02. The Bertz CT molecular complexity index is 470. The fraction of sp³-hybridized carbons (Fsp3) is 0.273. The Labute approximate surface area is 123 Å². The number of hydrogen-bond acceptors (Lipinski definition) is 4. The molecule has 0 aromatic heterocycles. The van der Waals surface area contributed by atoms with Gasteiger partial charge in [-0.25, -0.2) is 10.2 Å². The number of halogens is 2. The van der Waals surface area contributed by atoms with Crippen molar-refractivity contribution in [2.24, 2.45) is 0 Å². The first-order valence-corrected chi connectivity index (χ1v) is 6.49. The van der Waals surface area contributed by atoms with Crippen LogP contribution in [0.5, 0.6) is 5.75 Å². The number of carbonyl (C=O) groups excluding carboxylic acids is 2. The number of nitrogens with one attached hydrogen (secondary N) is 2. The highest BCUT2D eigenvalue weighted by Crippen LogP contribution is 2.27. The van der Waals surface area contributed by atoms with Gasteiger partial charge >= 0.3 is 6.09 Å². The fourth-order valence-electron chi connectivity index (χ4n) is 1.06. The molecule has 8 heteroatoms. The first kappa shape index (κ1) is 15.6. The van der Waals surface area contributed by atoms with Crippen molar-refractivity contribution in [2.45, 2.75) is 6.92 Å². The standard InChI is InChI=1S/C11H12BrClN2O4/c1-2-18-11(17)15-14-10(16)6-19-9-4-3-7(13)5-8(9)12/h3-5H,2,6H2,1H3,(H,14,16)(H,15,17). The smallest absolute Gasteiger partial charge is 0.426 e. The SMILES string of the molecule is CCOC(=O)NNC(=O)COc1ccc(Cl)cc1Br. The van der Waals surface area contributed by atoms with Crippen LogP contribution >= 0.6 is 27.5 Å². The minimum Gasteiger partial charge on any atom is -0.483 e. The molecular weight excluding hydrogens is 339 g/mol. The number of ether oxygens (including phenoxy) is 2. The lowest BCUT2D eigenvalue weighted by Crippen LogP contribution is -2.44. The number of amides is 2. The first-order valence-electron chi connectivity index (χ1n) is 5.32. The molecule has 0 spiro atoms. The molecule has 0 unspecified atom stereocenters. The number of hydrogen-bond donors (Lipinski definition) is 2. The van der Waals surface area contributed by atoms with Crippen LogP contribution in [0.2, 0.25) is 5.02 Å². The topological polar surface area (TPSA) is 76.7 Å². The molecule has 2 amide bonds. The Balaban J connectivity index is 2.36. The summed E-state index contributed by atoms with van der Waals surface area (Å²) in [4.78, 5) is 22.3. The fourth-order valence-corrected chi connectivity index (χ4v) is 1.86. The van der Waals surface area contributed by atoms with E-state index in [0.29, 0.717) is 15.2 Å². The molecule has 0 atom stereocenters. The maximum atomic E-state index is 11.4. The van der Waals surface area contributed by atoms with Crippen molar-refractivity contribution < 1.29 is 19.1 Å². The molecule has 0 fully saturated rings. The molecule has 0 saturated carbocycles. The lowest BCUT2D eigenvalue weighted by Gasteiger charge is -2.09. The second-order valence-corrected chi connectivity index (χ2v) is 4.55. The van der Waals surface area contributed by atoms with E-state index in [4.69, 9.17) is 16.3 Å². The van der Waals surface area contributed by atoms with Gasteiger partial charge in [-0.3, -0.25) is 10.2 Å². The zero-order valence-electron chi connectivity index (χ0n) is 10.0. The maximum absolute atomic E-state index is 11.4. The van der Waals surface area contributed by atoms with Gasteiger partial charge in [0.2, 0.25) is 0 Å². The van der Waals surface area contributed by atoms with Gasteiger partial charge in [0.1, 0.15) is 5.75 Å². The van der Waals surface area contributed by atoms with E-state index in [-0.39, 0.29) is 13.2 Å². The van der Waals surface area contributed by atoms with E-state index in [1.807, 2.05) is 0 Å². The maximum Gasteiger partial charge on any atom is 0.426 e. The van der Waals surface area contributed by atoms with Gasteiger partial charge in [-0.1, -0.05) is 11.6 Å². The highest BCUT2D eigenvalue weighted by Gasteiger charge is 2.07. The van der Waals surface area contributed by atoms with E-state index < -0.39 is 12.0 Å². The lowest BCUT2D eigenvalue weighted by molar-refractivity contribution is -0.124. The van der Waals surface area contributed by atoms with Gasteiger partial charge in [0.25, 0.3) is 5.91 Å². The van der Waals surface area contributed by atoms with Gasteiger partial charge in [-0.15, -0.1) is 0 Å². The summed E-state index contributed by atoms with van der Waals surface area (Å²) in [6.07, 6.45) is -0.733. The Kier molecular flexibility index (Phi) is 6.44. The van der Waals surface area contributed by atoms with E-state index in [0.717, 1.165) is 0 Å². The van der Waals surface area contributed by atoms with Crippen molar-refractivity contribution in [1.82, 2.24) is 10.9 Å². The minimum atomic E-state index is -0.733. The van der Waals surface area contributed by atoms with Crippen LogP contribution in [0.1, 0.15) is 6.92 Å². The van der Waals surface area contributed by atoms with Crippen LogP contribution in [0.15, 0.2) is 22.7 Å². The zero-order valence-corrected chi connectivity index (χ0v) is 12.4. The Morgan fingerprint density at radius 3 is 2.74 bits per heavy atom. The molecule has 2 N–H and O–H groups in total. The molecule has 1 aromatic carbocycles. The Hall–Kier alpha value is -1.47. The van der Waals surface area contributed by atoms with Gasteiger partial charge < -0.3 is 9.47 Å². The Morgan fingerprint density at radius 2 is 2.11 bits per heavy atom. The molecule has 19 heavy (non-hydrogen) atoms. The number of hydrazine groups is 1. The normalized spacial score (nSPS) is 9.63. The molecular formula is C11H12BrClN2O4. The van der Waals surface area contributed by atoms with Crippen LogP contribution < -0.4 is 15.6 Å². The van der Waals surface area contributed by atoms with Crippen molar-refractivity contribution in [3.05, 3.63) is 27.7 Å². The van der Waals surface area contributed by atoms with Crippen molar-refractivity contribution in [3.8, 4) is 5.75 Å². The van der Waals surface area contributed by atoms with Gasteiger partial charge in [0, 0.05) is 5.02 Å². The van der Waals surface area contributed by atoms with Crippen LogP contribution in [-0.4, -0.2) is 25.2 Å². The van der Waals surface area contributed by atoms with Crippen LogP contribution in [0.3, 0.4) is 0 Å². The second-order valence-electron chi connectivity index (χ2n) is 3.26. The van der Waals surface area contributed by atoms with Crippen molar-refractivity contribution >= 4 is 39.5 Å². The molecule has 0 saturated heterocycles. The van der Waals surface area contributed by atoms with Crippen LogP contribution in [-0.2, 0) is 9.53 Å². The monoisotopic (exact) mass is 350 g/mol. The molecule has 104 valence electrons. The number of carbonyl (C=O) groups is 2. The van der Waals surface area contributed by atoms with Crippen molar-refractivity contribution in [3.63, 3.8) is 0 Å². The summed E-state index contributed by atoms with van der Waals surface area (Å²) in [6.45, 7) is 1.62. The van der Waals surface area contributed by atoms with Gasteiger partial charge in [-0.2, -0.15) is 0 Å². The lowest BCUT2D eigenvalue weighted by atomic mass is 10.3. The molecule has 0 aliphatic heterocycles. The predicted octanol–water partition coefficient (Wildman–Crippen LogP) is 2.26. The summed E-state index contributed by atoms with van der Waals surface area (Å²) in [5.41, 5.74) is 4.21. The molecule has 1 aromatic rings. The van der Waals surface area contributed by atoms with Crippen LogP contribution in [0.25, 0.3) is 0 Å². The third kappa shape index (κ3) is 5.80. The quantitative estimate of drug-likeness (QED) is 0.816. The zero-order chi connectivity index (χ0) is 14.3. The number of benzene rings is 1. The van der Waals surface area contributed by atoms with Crippen molar-refractivity contribution in [2.75, 3.05) is 13.2 Å². The molecule has 0 radical (unpaired) electrons. The molecule has 6 nitrogen and oxygen atoms in total. The molecule has 0 bridgehead atoms. The van der Waals surface area contributed by atoms with Gasteiger partial charge in [0.15, 0.2) is 6.61 Å². The summed E-state index contributed by atoms with van der Waals surface area (Å²) in [5, 5.41) is 0.549. The predicted molar refractivity (Wildman–Crippen MR) is 72.9 cm³/mol. The van der Waals surface area contributed by atoms with E-state index in [1.165, 1.54) is 0 Å². The van der Waals surface area contributed by atoms with E-state index >= 15 is 0 Å². The molecule has 0 heterocycles. The number of rotatable bonds is 4. The summed E-state index contributed by atoms with van der Waals surface area (Å²) in [5.74, 6) is -0.0504. The summed E-state index contributed by atoms with van der Waals surface area (Å²) >= 11 is 9.02. The second kappa shape index (κ2) is 7.85. The summed E-state index contributed by atoms with van der Waals surface area (Å²) < 4.78 is 10.4. The van der Waals surface area contributed by atoms with Crippen LogP contribution in [0, 0.1) is 0 Å². The average Bonchev–Trinajstić information content (AvgIpc) is 2.35. The van der Waals surface area contributed by atoms with E-state index in [2.05, 4.69) is 31.5 Å². The van der Waals surface area contributed by atoms with E-state index in [9.17, 15) is 9.59 Å². The molecule has 0 aliphatic rings. The summed E-state index contributed by atoms with van der Waals surface area (Å²) in [6, 6.07) is 4.90. The summed E-state index contributed by atoms with van der Waals surface area (Å²) in [7, 11) is 0. The average molecular weight is 352 g/mol. The van der Waals surface area contributed by atoms with Crippen molar-refractivity contribution in [1.29, 1.82) is 0 Å². The highest BCUT2D eigenvalue weighted by molar-refractivity contribution is 9.10. The molecule has 1 rings (SSSR count). The van der Waals surface area contributed by atoms with Gasteiger partial charge in [0.05, 0.1) is 11.1 Å². The molecule has 0 aliphatic carbocycles. The highest BCUT2D eigenvalue weighted by atomic mass is 79.9.